The number of benzene rings is 3. The van der Waals surface area contributed by atoms with Crippen molar-refractivity contribution in [1.82, 2.24) is 0 Å². The number of rotatable bonds is 3. The van der Waals surface area contributed by atoms with Crippen LogP contribution >= 0.6 is 0 Å². The Bertz CT molecular complexity index is 913. The zero-order valence-electron chi connectivity index (χ0n) is 12.3. The van der Waals surface area contributed by atoms with E-state index in [1.54, 1.807) is 6.26 Å². The van der Waals surface area contributed by atoms with E-state index in [0.29, 0.717) is 5.82 Å². The summed E-state index contributed by atoms with van der Waals surface area (Å²) in [7, 11) is 0. The Hall–Kier alpha value is -3.27. The molecule has 0 aromatic heterocycles. The van der Waals surface area contributed by atoms with Gasteiger partial charge in [0.25, 0.3) is 0 Å². The van der Waals surface area contributed by atoms with Crippen LogP contribution in [0.4, 0.5) is 11.4 Å². The van der Waals surface area contributed by atoms with Crippen molar-refractivity contribution < 1.29 is 9.53 Å². The van der Waals surface area contributed by atoms with Gasteiger partial charge in [0.15, 0.2) is 5.82 Å². The maximum Gasteiger partial charge on any atom is 0.220 e. The fourth-order valence-electron chi connectivity index (χ4n) is 2.73. The molecule has 0 bridgehead atoms. The first-order chi connectivity index (χ1) is 11.4. The van der Waals surface area contributed by atoms with Crippen molar-refractivity contribution in [1.29, 1.82) is 0 Å². The van der Waals surface area contributed by atoms with Crippen LogP contribution in [0.5, 0.6) is 5.75 Å². The van der Waals surface area contributed by atoms with Gasteiger partial charge in [-0.1, -0.05) is 48.5 Å². The average Bonchev–Trinajstić information content (AvgIpc) is 2.97. The first kappa shape index (κ1) is 13.4. The number of para-hydroxylation sites is 2. The minimum absolute atomic E-state index is 0.592. The second kappa shape index (κ2) is 5.50. The summed E-state index contributed by atoms with van der Waals surface area (Å²) in [6.07, 6.45) is 2.34. The maximum atomic E-state index is 11.4. The fourth-order valence-corrected chi connectivity index (χ4v) is 2.73. The molecule has 4 rings (SSSR count). The fraction of sp³-hybridized carbons (Fsp3) is 0. The van der Waals surface area contributed by atoms with Crippen LogP contribution in [0.25, 0.3) is 10.8 Å². The molecule has 0 aliphatic carbocycles. The van der Waals surface area contributed by atoms with Crippen molar-refractivity contribution in [3.63, 3.8) is 0 Å². The predicted octanol–water partition coefficient (Wildman–Crippen LogP) is 4.11. The van der Waals surface area contributed by atoms with Gasteiger partial charge in [-0.3, -0.25) is 9.69 Å². The SMILES string of the molecule is O=CN1C(=COc2cccc3ccccc23)Nc2ccccc21. The highest BCUT2D eigenvalue weighted by atomic mass is 16.5. The first-order valence-electron chi connectivity index (χ1n) is 7.32. The molecule has 1 aliphatic heterocycles. The molecule has 112 valence electrons. The second-order valence-electron chi connectivity index (χ2n) is 5.22. The maximum absolute atomic E-state index is 11.4. The number of fused-ring (bicyclic) bond motifs is 2. The Morgan fingerprint density at radius 2 is 1.70 bits per heavy atom. The molecule has 0 spiro atoms. The summed E-state index contributed by atoms with van der Waals surface area (Å²) in [5.41, 5.74) is 1.70. The standard InChI is InChI=1S/C19H14N2O2/c22-13-21-17-10-4-3-9-16(17)20-19(21)12-23-18-11-5-7-14-6-1-2-8-15(14)18/h1-13,20H. The lowest BCUT2D eigenvalue weighted by Gasteiger charge is -2.12. The molecule has 3 aromatic rings. The van der Waals surface area contributed by atoms with Crippen molar-refractivity contribution in [2.75, 3.05) is 10.2 Å². The van der Waals surface area contributed by atoms with Crippen LogP contribution in [-0.4, -0.2) is 6.41 Å². The number of nitrogens with one attached hydrogen (secondary N) is 1. The highest BCUT2D eigenvalue weighted by Gasteiger charge is 2.23. The third kappa shape index (κ3) is 2.30. The van der Waals surface area contributed by atoms with Gasteiger partial charge in [-0.05, 0) is 23.6 Å². The van der Waals surface area contributed by atoms with Crippen molar-refractivity contribution in [2.24, 2.45) is 0 Å². The molecule has 1 N–H and O–H groups in total. The van der Waals surface area contributed by atoms with Crippen LogP contribution in [0.2, 0.25) is 0 Å². The summed E-state index contributed by atoms with van der Waals surface area (Å²) in [5.74, 6) is 1.34. The van der Waals surface area contributed by atoms with E-state index in [9.17, 15) is 4.79 Å². The normalized spacial score (nSPS) is 14.6. The number of anilines is 2. The van der Waals surface area contributed by atoms with Crippen molar-refractivity contribution in [3.8, 4) is 5.75 Å². The van der Waals surface area contributed by atoms with Gasteiger partial charge in [-0.2, -0.15) is 0 Å². The monoisotopic (exact) mass is 302 g/mol. The van der Waals surface area contributed by atoms with Crippen molar-refractivity contribution in [3.05, 3.63) is 78.8 Å². The number of carbonyl (C=O) groups is 1. The molecule has 0 saturated heterocycles. The van der Waals surface area contributed by atoms with Crippen LogP contribution in [-0.2, 0) is 4.79 Å². The predicted molar refractivity (Wildman–Crippen MR) is 91.3 cm³/mol. The summed E-state index contributed by atoms with van der Waals surface area (Å²) in [6.45, 7) is 0. The van der Waals surface area contributed by atoms with E-state index in [1.165, 1.54) is 4.90 Å². The molecular formula is C19H14N2O2. The van der Waals surface area contributed by atoms with Crippen molar-refractivity contribution in [2.45, 2.75) is 0 Å². The lowest BCUT2D eigenvalue weighted by Crippen LogP contribution is -2.19. The molecule has 1 heterocycles. The van der Waals surface area contributed by atoms with Gasteiger partial charge in [0.05, 0.1) is 11.4 Å². The Labute approximate surface area is 133 Å². The van der Waals surface area contributed by atoms with E-state index in [1.807, 2.05) is 66.7 Å². The summed E-state index contributed by atoms with van der Waals surface area (Å²) in [6, 6.07) is 21.5. The number of carbonyl (C=O) groups excluding carboxylic acids is 1. The lowest BCUT2D eigenvalue weighted by atomic mass is 10.1. The number of ether oxygens (including phenoxy) is 1. The quantitative estimate of drug-likeness (QED) is 0.585. The van der Waals surface area contributed by atoms with Crippen LogP contribution in [0, 0.1) is 0 Å². The largest absolute Gasteiger partial charge is 0.461 e. The minimum Gasteiger partial charge on any atom is -0.461 e. The van der Waals surface area contributed by atoms with Gasteiger partial charge in [0.2, 0.25) is 6.41 Å². The molecule has 4 heteroatoms. The topological polar surface area (TPSA) is 41.6 Å². The summed E-state index contributed by atoms with van der Waals surface area (Å²) < 4.78 is 5.84. The Morgan fingerprint density at radius 3 is 2.61 bits per heavy atom. The second-order valence-corrected chi connectivity index (χ2v) is 5.22. The first-order valence-corrected chi connectivity index (χ1v) is 7.32. The molecule has 0 saturated carbocycles. The average molecular weight is 302 g/mol. The zero-order valence-corrected chi connectivity index (χ0v) is 12.3. The van der Waals surface area contributed by atoms with E-state index in [2.05, 4.69) is 5.32 Å². The highest BCUT2D eigenvalue weighted by molar-refractivity contribution is 5.93. The van der Waals surface area contributed by atoms with E-state index in [0.717, 1.165) is 34.3 Å². The van der Waals surface area contributed by atoms with Gasteiger partial charge in [0.1, 0.15) is 12.0 Å². The molecule has 0 radical (unpaired) electrons. The number of amides is 1. The van der Waals surface area contributed by atoms with Gasteiger partial charge >= 0.3 is 0 Å². The molecule has 4 nitrogen and oxygen atoms in total. The summed E-state index contributed by atoms with van der Waals surface area (Å²) >= 11 is 0. The summed E-state index contributed by atoms with van der Waals surface area (Å²) in [4.78, 5) is 12.9. The molecule has 1 amide bonds. The smallest absolute Gasteiger partial charge is 0.220 e. The van der Waals surface area contributed by atoms with Gasteiger partial charge in [-0.25, -0.2) is 0 Å². The molecule has 23 heavy (non-hydrogen) atoms. The van der Waals surface area contributed by atoms with Crippen LogP contribution < -0.4 is 15.0 Å². The highest BCUT2D eigenvalue weighted by Crippen LogP contribution is 2.35. The van der Waals surface area contributed by atoms with E-state index < -0.39 is 0 Å². The Kier molecular flexibility index (Phi) is 3.20. The minimum atomic E-state index is 0.592. The van der Waals surface area contributed by atoms with E-state index >= 15 is 0 Å². The van der Waals surface area contributed by atoms with Crippen LogP contribution in [0.15, 0.2) is 78.8 Å². The van der Waals surface area contributed by atoms with Crippen LogP contribution in [0.3, 0.4) is 0 Å². The van der Waals surface area contributed by atoms with Gasteiger partial charge in [0, 0.05) is 5.39 Å². The van der Waals surface area contributed by atoms with Crippen molar-refractivity contribution >= 4 is 28.6 Å². The lowest BCUT2D eigenvalue weighted by molar-refractivity contribution is -0.107. The number of hydrogen-bond acceptors (Lipinski definition) is 3. The van der Waals surface area contributed by atoms with E-state index in [4.69, 9.17) is 4.74 Å². The molecule has 0 unspecified atom stereocenters. The summed E-state index contributed by atoms with van der Waals surface area (Å²) in [5, 5.41) is 5.32. The molecule has 1 aliphatic rings. The van der Waals surface area contributed by atoms with Crippen LogP contribution in [0.1, 0.15) is 0 Å². The number of hydrogen-bond donors (Lipinski definition) is 1. The van der Waals surface area contributed by atoms with E-state index in [-0.39, 0.29) is 0 Å². The Morgan fingerprint density at radius 1 is 0.913 bits per heavy atom. The third-order valence-electron chi connectivity index (χ3n) is 3.84. The molecule has 0 fully saturated rings. The third-order valence-corrected chi connectivity index (χ3v) is 3.84. The zero-order chi connectivity index (χ0) is 15.6. The Balaban J connectivity index is 1.68. The molecule has 0 atom stereocenters. The molecular weight excluding hydrogens is 288 g/mol. The number of nitrogens with zero attached hydrogens (tertiary/aromatic N) is 1. The molecule has 3 aromatic carbocycles. The van der Waals surface area contributed by atoms with Gasteiger partial charge in [-0.15, -0.1) is 0 Å². The van der Waals surface area contributed by atoms with Gasteiger partial charge < -0.3 is 10.1 Å².